The van der Waals surface area contributed by atoms with E-state index < -0.39 is 5.66 Å². The lowest BCUT2D eigenvalue weighted by molar-refractivity contribution is -0.139. The molecule has 2 bridgehead atoms. The van der Waals surface area contributed by atoms with Gasteiger partial charge in [0.05, 0.1) is 12.7 Å². The molecule has 1 heterocycles. The number of nitrogens with one attached hydrogen (secondary N) is 3. The van der Waals surface area contributed by atoms with Crippen molar-refractivity contribution in [1.29, 1.82) is 0 Å². The third-order valence-electron chi connectivity index (χ3n) is 7.83. The fourth-order valence-electron chi connectivity index (χ4n) is 6.13. The van der Waals surface area contributed by atoms with Crippen LogP contribution in [0.5, 0.6) is 5.75 Å². The summed E-state index contributed by atoms with van der Waals surface area (Å²) in [6.45, 7) is 2.82. The van der Waals surface area contributed by atoms with Crippen LogP contribution in [-0.2, 0) is 11.2 Å². The minimum absolute atomic E-state index is 0.0187. The predicted molar refractivity (Wildman–Crippen MR) is 124 cm³/mol. The monoisotopic (exact) mass is 433 g/mol. The Kier molecular flexibility index (Phi) is 5.11. The van der Waals surface area contributed by atoms with Gasteiger partial charge in [-0.1, -0.05) is 31.2 Å². The highest BCUT2D eigenvalue weighted by atomic mass is 16.5. The Balaban J connectivity index is 1.26. The maximum atomic E-state index is 13.2. The largest absolute Gasteiger partial charge is 0.497 e. The van der Waals surface area contributed by atoms with E-state index in [1.807, 2.05) is 42.5 Å². The van der Waals surface area contributed by atoms with Crippen LogP contribution in [0.3, 0.4) is 0 Å². The summed E-state index contributed by atoms with van der Waals surface area (Å²) in [6.07, 6.45) is 4.34. The Morgan fingerprint density at radius 1 is 1.19 bits per heavy atom. The van der Waals surface area contributed by atoms with Crippen molar-refractivity contribution in [3.8, 4) is 5.75 Å². The minimum atomic E-state index is -0.462. The number of hydrogen-bond acceptors (Lipinski definition) is 4. The Labute approximate surface area is 189 Å². The van der Waals surface area contributed by atoms with Crippen LogP contribution in [0.4, 0.5) is 5.69 Å². The van der Waals surface area contributed by atoms with Crippen LogP contribution < -0.4 is 20.7 Å². The molecule has 6 heteroatoms. The maximum Gasteiger partial charge on any atom is 0.255 e. The number of carbonyl (C=O) groups is 2. The highest BCUT2D eigenvalue weighted by Crippen LogP contribution is 2.58. The summed E-state index contributed by atoms with van der Waals surface area (Å²) in [4.78, 5) is 26.0. The number of carbonyl (C=O) groups excluding carboxylic acids is 2. The van der Waals surface area contributed by atoms with Crippen LogP contribution in [0.25, 0.3) is 0 Å². The van der Waals surface area contributed by atoms with E-state index in [0.717, 1.165) is 49.1 Å². The quantitative estimate of drug-likeness (QED) is 0.671. The van der Waals surface area contributed by atoms with Gasteiger partial charge in [0.15, 0.2) is 0 Å². The molecule has 3 saturated carbocycles. The van der Waals surface area contributed by atoms with Crippen LogP contribution in [0.15, 0.2) is 48.5 Å². The second kappa shape index (κ2) is 7.84. The van der Waals surface area contributed by atoms with Gasteiger partial charge in [0, 0.05) is 24.1 Å². The molecule has 3 N–H and O–H groups in total. The topological polar surface area (TPSA) is 79.5 Å². The first-order valence-electron chi connectivity index (χ1n) is 11.5. The average molecular weight is 434 g/mol. The summed E-state index contributed by atoms with van der Waals surface area (Å²) in [5.74, 6) is 1.15. The van der Waals surface area contributed by atoms with Gasteiger partial charge in [-0.3, -0.25) is 9.59 Å². The molecule has 168 valence electrons. The number of fused-ring (bicyclic) bond motifs is 3. The smallest absolute Gasteiger partial charge is 0.255 e. The Bertz CT molecular complexity index is 1050. The van der Waals surface area contributed by atoms with Gasteiger partial charge < -0.3 is 20.7 Å². The second-order valence-electron chi connectivity index (χ2n) is 9.84. The van der Waals surface area contributed by atoms with Crippen LogP contribution in [0.1, 0.15) is 48.5 Å². The van der Waals surface area contributed by atoms with E-state index in [0.29, 0.717) is 12.1 Å². The molecule has 0 saturated heterocycles. The van der Waals surface area contributed by atoms with Gasteiger partial charge in [0.1, 0.15) is 11.4 Å². The molecule has 2 aromatic carbocycles. The summed E-state index contributed by atoms with van der Waals surface area (Å²) >= 11 is 0. The van der Waals surface area contributed by atoms with Crippen LogP contribution in [0.2, 0.25) is 0 Å². The molecule has 0 radical (unpaired) electrons. The molecule has 2 aromatic rings. The van der Waals surface area contributed by atoms with Crippen molar-refractivity contribution in [3.63, 3.8) is 0 Å². The van der Waals surface area contributed by atoms with Crippen LogP contribution in [0, 0.1) is 17.3 Å². The fraction of sp³-hybridized carbons (Fsp3) is 0.462. The Hall–Kier alpha value is -3.02. The average Bonchev–Trinajstić information content (AvgIpc) is 2.79. The molecule has 1 aliphatic heterocycles. The standard InChI is InChI=1S/C26H31N3O3/c1-25-12-10-18(26(16-25)28-22-9-4-3-8-20(22)23(30)29-26)15-21(25)24(31)27-13-11-17-6-5-7-19(14-17)32-2/h3-9,14,18,21,28H,10-13,15-16H2,1-2H3,(H,27,31)(H,29,30)/t18-,21-,25+,26+/m1/s1. The lowest BCUT2D eigenvalue weighted by Gasteiger charge is -2.60. The lowest BCUT2D eigenvalue weighted by atomic mass is 9.51. The van der Waals surface area contributed by atoms with E-state index >= 15 is 0 Å². The van der Waals surface area contributed by atoms with Gasteiger partial charge in [0.25, 0.3) is 5.91 Å². The number of methoxy groups -OCH3 is 1. The Morgan fingerprint density at radius 3 is 2.84 bits per heavy atom. The molecular weight excluding hydrogens is 402 g/mol. The van der Waals surface area contributed by atoms with E-state index in [1.165, 1.54) is 0 Å². The summed E-state index contributed by atoms with van der Waals surface area (Å²) in [5.41, 5.74) is 2.12. The van der Waals surface area contributed by atoms with Gasteiger partial charge in [0.2, 0.25) is 5.91 Å². The molecule has 3 aliphatic carbocycles. The molecule has 0 aromatic heterocycles. The van der Waals surface area contributed by atoms with Crippen molar-refractivity contribution in [2.24, 2.45) is 17.3 Å². The van der Waals surface area contributed by atoms with Crippen molar-refractivity contribution in [1.82, 2.24) is 10.6 Å². The first kappa shape index (κ1) is 20.9. The maximum absolute atomic E-state index is 13.2. The fourth-order valence-corrected chi connectivity index (χ4v) is 6.13. The molecule has 6 rings (SSSR count). The third kappa shape index (κ3) is 3.51. The molecule has 2 amide bonds. The highest BCUT2D eigenvalue weighted by Gasteiger charge is 2.60. The lowest BCUT2D eigenvalue weighted by Crippen LogP contribution is -2.70. The molecule has 6 nitrogen and oxygen atoms in total. The van der Waals surface area contributed by atoms with Gasteiger partial charge in [-0.2, -0.15) is 0 Å². The number of rotatable bonds is 5. The van der Waals surface area contributed by atoms with Crippen molar-refractivity contribution in [2.75, 3.05) is 19.0 Å². The van der Waals surface area contributed by atoms with E-state index in [4.69, 9.17) is 4.74 Å². The number of ether oxygens (including phenoxy) is 1. The summed E-state index contributed by atoms with van der Waals surface area (Å²) in [5, 5.41) is 10.1. The van der Waals surface area contributed by atoms with Gasteiger partial charge >= 0.3 is 0 Å². The minimum Gasteiger partial charge on any atom is -0.497 e. The highest BCUT2D eigenvalue weighted by molar-refractivity contribution is 6.02. The van der Waals surface area contributed by atoms with E-state index in [1.54, 1.807) is 7.11 Å². The van der Waals surface area contributed by atoms with E-state index in [-0.39, 0.29) is 29.1 Å². The summed E-state index contributed by atoms with van der Waals surface area (Å²) in [6, 6.07) is 15.6. The van der Waals surface area contributed by atoms with Gasteiger partial charge in [-0.25, -0.2) is 0 Å². The normalized spacial score (nSPS) is 30.2. The second-order valence-corrected chi connectivity index (χ2v) is 9.84. The molecule has 4 aliphatic rings. The van der Waals surface area contributed by atoms with Crippen molar-refractivity contribution >= 4 is 17.5 Å². The summed E-state index contributed by atoms with van der Waals surface area (Å²) in [7, 11) is 1.66. The van der Waals surface area contributed by atoms with Gasteiger partial charge in [-0.05, 0) is 67.3 Å². The Morgan fingerprint density at radius 2 is 2.03 bits per heavy atom. The first-order valence-corrected chi connectivity index (χ1v) is 11.5. The zero-order valence-electron chi connectivity index (χ0n) is 18.7. The van der Waals surface area contributed by atoms with E-state index in [2.05, 4.69) is 28.9 Å². The third-order valence-corrected chi connectivity index (χ3v) is 7.83. The molecule has 1 spiro atoms. The molecule has 4 atom stereocenters. The molecule has 32 heavy (non-hydrogen) atoms. The van der Waals surface area contributed by atoms with Crippen molar-refractivity contribution in [3.05, 3.63) is 59.7 Å². The molecule has 0 unspecified atom stereocenters. The number of para-hydroxylation sites is 1. The van der Waals surface area contributed by atoms with Crippen LogP contribution >= 0.6 is 0 Å². The number of benzene rings is 2. The zero-order valence-corrected chi connectivity index (χ0v) is 18.7. The number of hydrogen-bond donors (Lipinski definition) is 3. The first-order chi connectivity index (χ1) is 15.4. The van der Waals surface area contributed by atoms with Crippen molar-refractivity contribution < 1.29 is 14.3 Å². The predicted octanol–water partition coefficient (Wildman–Crippen LogP) is 3.73. The zero-order chi connectivity index (χ0) is 22.3. The van der Waals surface area contributed by atoms with Crippen molar-refractivity contribution in [2.45, 2.75) is 44.7 Å². The molecular formula is C26H31N3O3. The van der Waals surface area contributed by atoms with Gasteiger partial charge in [-0.15, -0.1) is 0 Å². The number of amides is 2. The molecule has 3 fully saturated rings. The number of anilines is 1. The SMILES string of the molecule is COc1cccc(CCNC(=O)[C@H]2C[C@H]3CC[C@@]2(C)C[C@]32NC(=O)c3ccccc3N2)c1. The van der Waals surface area contributed by atoms with Crippen LogP contribution in [-0.4, -0.2) is 31.1 Å². The summed E-state index contributed by atoms with van der Waals surface area (Å²) < 4.78 is 5.29. The van der Waals surface area contributed by atoms with E-state index in [9.17, 15) is 9.59 Å².